The third-order valence-electron chi connectivity index (χ3n) is 5.99. The number of amides is 1. The van der Waals surface area contributed by atoms with Crippen LogP contribution in [0.3, 0.4) is 0 Å². The number of aromatic hydroxyl groups is 1. The van der Waals surface area contributed by atoms with Crippen molar-refractivity contribution in [2.45, 2.75) is 6.04 Å². The Hall–Kier alpha value is -3.91. The Kier molecular flexibility index (Phi) is 5.90. The van der Waals surface area contributed by atoms with Gasteiger partial charge in [0.15, 0.2) is 11.5 Å². The highest BCUT2D eigenvalue weighted by Gasteiger charge is 2.31. The third kappa shape index (κ3) is 4.45. The first kappa shape index (κ1) is 21.9. The number of nitrogens with zero attached hydrogens (tertiary/aromatic N) is 2. The van der Waals surface area contributed by atoms with Gasteiger partial charge in [0.2, 0.25) is 5.76 Å². The molecule has 1 amide bonds. The molecule has 34 heavy (non-hydrogen) atoms. The van der Waals surface area contributed by atoms with Gasteiger partial charge in [-0.2, -0.15) is 0 Å². The molecule has 0 atom stereocenters. The number of rotatable bonds is 4. The Morgan fingerprint density at radius 2 is 1.41 bits per heavy atom. The fourth-order valence-electron chi connectivity index (χ4n) is 4.27. The van der Waals surface area contributed by atoms with Gasteiger partial charge >= 0.3 is 0 Å². The zero-order valence-electron chi connectivity index (χ0n) is 18.2. The molecule has 1 saturated heterocycles. The fourth-order valence-corrected chi connectivity index (χ4v) is 4.27. The van der Waals surface area contributed by atoms with E-state index in [4.69, 9.17) is 9.47 Å². The lowest BCUT2D eigenvalue weighted by Crippen LogP contribution is -2.50. The number of ether oxygens (including phenoxy) is 2. The van der Waals surface area contributed by atoms with Crippen LogP contribution in [0.2, 0.25) is 0 Å². The number of carbonyl (C=O) groups excluding carboxylic acids is 1. The zero-order chi connectivity index (χ0) is 23.7. The molecule has 0 aromatic heterocycles. The van der Waals surface area contributed by atoms with E-state index < -0.39 is 0 Å². The van der Waals surface area contributed by atoms with Crippen LogP contribution in [0.1, 0.15) is 17.2 Å². The first-order valence-corrected chi connectivity index (χ1v) is 10.9. The third-order valence-corrected chi connectivity index (χ3v) is 5.99. The summed E-state index contributed by atoms with van der Waals surface area (Å²) in [6.45, 7) is 1.98. The lowest BCUT2D eigenvalue weighted by atomic mass is 9.96. The number of benzene rings is 3. The van der Waals surface area contributed by atoms with E-state index in [9.17, 15) is 18.7 Å². The van der Waals surface area contributed by atoms with Crippen LogP contribution in [0.15, 0.2) is 78.8 Å². The first-order chi connectivity index (χ1) is 16.5. The molecule has 1 N–H and O–H groups in total. The number of phenols is 1. The van der Waals surface area contributed by atoms with Crippen LogP contribution in [0, 0.1) is 11.6 Å². The molecule has 2 aliphatic heterocycles. The van der Waals surface area contributed by atoms with Gasteiger partial charge in [0.05, 0.1) is 6.04 Å². The summed E-state index contributed by atoms with van der Waals surface area (Å²) in [5, 5.41) is 9.66. The molecule has 3 aromatic rings. The molecule has 3 aromatic carbocycles. The van der Waals surface area contributed by atoms with Crippen LogP contribution in [-0.2, 0) is 4.79 Å². The second kappa shape index (κ2) is 9.15. The molecular formula is C26H22F2N2O4. The van der Waals surface area contributed by atoms with Gasteiger partial charge in [0.1, 0.15) is 23.6 Å². The number of hydrogen-bond acceptors (Lipinski definition) is 5. The number of hydrogen-bond donors (Lipinski definition) is 1. The van der Waals surface area contributed by atoms with Gasteiger partial charge in [0.25, 0.3) is 5.91 Å². The smallest absolute Gasteiger partial charge is 0.292 e. The topological polar surface area (TPSA) is 62.2 Å². The Morgan fingerprint density at radius 1 is 0.824 bits per heavy atom. The van der Waals surface area contributed by atoms with E-state index >= 15 is 0 Å². The number of carbonyl (C=O) groups is 1. The average Bonchev–Trinajstić information content (AvgIpc) is 2.86. The second-order valence-electron chi connectivity index (χ2n) is 8.17. The fraction of sp³-hybridized carbons (Fsp3) is 0.192. The van der Waals surface area contributed by atoms with Crippen LogP contribution in [0.4, 0.5) is 8.78 Å². The van der Waals surface area contributed by atoms with E-state index in [1.807, 2.05) is 0 Å². The molecule has 8 heteroatoms. The van der Waals surface area contributed by atoms with Gasteiger partial charge in [-0.3, -0.25) is 9.69 Å². The molecule has 0 unspecified atom stereocenters. The SMILES string of the molecule is O=C(C1=COc2ccc(O)cc2O1)N1CCN(C(c2ccc(F)cc2)c2ccc(F)cc2)CC1. The van der Waals surface area contributed by atoms with Crippen molar-refractivity contribution in [2.24, 2.45) is 0 Å². The summed E-state index contributed by atoms with van der Waals surface area (Å²) in [5.41, 5.74) is 1.77. The minimum Gasteiger partial charge on any atom is -0.508 e. The summed E-state index contributed by atoms with van der Waals surface area (Å²) in [4.78, 5) is 16.9. The van der Waals surface area contributed by atoms with Crippen LogP contribution in [-0.4, -0.2) is 47.0 Å². The van der Waals surface area contributed by atoms with Crippen molar-refractivity contribution in [2.75, 3.05) is 26.2 Å². The Balaban J connectivity index is 1.30. The summed E-state index contributed by atoms with van der Waals surface area (Å²) in [6, 6.07) is 16.8. The van der Waals surface area contributed by atoms with E-state index in [1.54, 1.807) is 35.2 Å². The Labute approximate surface area is 195 Å². The predicted molar refractivity (Wildman–Crippen MR) is 120 cm³/mol. The summed E-state index contributed by atoms with van der Waals surface area (Å²) >= 11 is 0. The molecule has 0 aliphatic carbocycles. The maximum absolute atomic E-state index is 13.5. The van der Waals surface area contributed by atoms with Crippen molar-refractivity contribution in [3.63, 3.8) is 0 Å². The Morgan fingerprint density at radius 3 is 2.00 bits per heavy atom. The highest BCUT2D eigenvalue weighted by atomic mass is 19.1. The van der Waals surface area contributed by atoms with Crippen LogP contribution in [0.5, 0.6) is 17.2 Å². The van der Waals surface area contributed by atoms with Crippen molar-refractivity contribution in [3.05, 3.63) is 102 Å². The molecule has 2 heterocycles. The van der Waals surface area contributed by atoms with E-state index in [0.717, 1.165) is 11.1 Å². The van der Waals surface area contributed by atoms with Gasteiger partial charge in [-0.05, 0) is 47.5 Å². The lowest BCUT2D eigenvalue weighted by molar-refractivity contribution is -0.131. The van der Waals surface area contributed by atoms with Crippen molar-refractivity contribution in [1.29, 1.82) is 0 Å². The molecule has 1 fully saturated rings. The summed E-state index contributed by atoms with van der Waals surface area (Å²) < 4.78 is 38.2. The quantitative estimate of drug-likeness (QED) is 0.627. The van der Waals surface area contributed by atoms with E-state index in [2.05, 4.69) is 4.90 Å². The second-order valence-corrected chi connectivity index (χ2v) is 8.17. The van der Waals surface area contributed by atoms with E-state index in [-0.39, 0.29) is 40.8 Å². The number of phenolic OH excluding ortho intramolecular Hbond substituents is 1. The van der Waals surface area contributed by atoms with Gasteiger partial charge < -0.3 is 19.5 Å². The average molecular weight is 464 g/mol. The van der Waals surface area contributed by atoms with Gasteiger partial charge in [-0.25, -0.2) is 8.78 Å². The highest BCUT2D eigenvalue weighted by molar-refractivity contribution is 5.92. The molecule has 2 aliphatic rings. The summed E-state index contributed by atoms with van der Waals surface area (Å²) in [5.74, 6) is -0.214. The number of piperazine rings is 1. The molecule has 0 saturated carbocycles. The molecule has 0 radical (unpaired) electrons. The predicted octanol–water partition coefficient (Wildman–Crippen LogP) is 4.22. The molecule has 5 rings (SSSR count). The van der Waals surface area contributed by atoms with Crippen LogP contribution < -0.4 is 9.47 Å². The minimum absolute atomic E-state index is 0.0114. The molecule has 0 spiro atoms. The van der Waals surface area contributed by atoms with E-state index in [0.29, 0.717) is 31.9 Å². The van der Waals surface area contributed by atoms with Crippen molar-refractivity contribution in [3.8, 4) is 17.2 Å². The standard InChI is InChI=1S/C26H22F2N2O4/c27-19-5-1-17(2-6-19)25(18-3-7-20(28)8-4-18)29-11-13-30(14-12-29)26(32)24-16-33-22-10-9-21(31)15-23(22)34-24/h1-10,15-16,25,31H,11-14H2. The zero-order valence-corrected chi connectivity index (χ0v) is 18.2. The lowest BCUT2D eigenvalue weighted by Gasteiger charge is -2.40. The Bertz CT molecular complexity index is 1180. The van der Waals surface area contributed by atoms with Crippen molar-refractivity contribution in [1.82, 2.24) is 9.80 Å². The van der Waals surface area contributed by atoms with Gasteiger partial charge in [0, 0.05) is 32.2 Å². The monoisotopic (exact) mass is 464 g/mol. The van der Waals surface area contributed by atoms with Gasteiger partial charge in [-0.1, -0.05) is 24.3 Å². The largest absolute Gasteiger partial charge is 0.508 e. The molecule has 174 valence electrons. The van der Waals surface area contributed by atoms with Crippen molar-refractivity contribution < 1.29 is 28.2 Å². The van der Waals surface area contributed by atoms with E-state index in [1.165, 1.54) is 42.7 Å². The van der Waals surface area contributed by atoms with Crippen LogP contribution in [0.25, 0.3) is 0 Å². The summed E-state index contributed by atoms with van der Waals surface area (Å²) in [7, 11) is 0. The normalized spacial score (nSPS) is 15.9. The maximum atomic E-state index is 13.5. The minimum atomic E-state index is -0.324. The van der Waals surface area contributed by atoms with Gasteiger partial charge in [-0.15, -0.1) is 0 Å². The molecule has 6 nitrogen and oxygen atoms in total. The number of halogens is 2. The first-order valence-electron chi connectivity index (χ1n) is 10.9. The maximum Gasteiger partial charge on any atom is 0.292 e. The number of fused-ring (bicyclic) bond motifs is 1. The van der Waals surface area contributed by atoms with Crippen molar-refractivity contribution >= 4 is 5.91 Å². The summed E-state index contributed by atoms with van der Waals surface area (Å²) in [6.07, 6.45) is 1.27. The molecule has 0 bridgehead atoms. The highest BCUT2D eigenvalue weighted by Crippen LogP contribution is 2.36. The van der Waals surface area contributed by atoms with Crippen LogP contribution >= 0.6 is 0 Å². The molecular weight excluding hydrogens is 442 g/mol.